The van der Waals surface area contributed by atoms with Crippen LogP contribution in [0.15, 0.2) is 29.1 Å². The number of methoxy groups -OCH3 is 1. The van der Waals surface area contributed by atoms with E-state index in [9.17, 15) is 4.79 Å². The maximum absolute atomic E-state index is 12.1. The molecule has 1 fully saturated rings. The number of anilines is 1. The summed E-state index contributed by atoms with van der Waals surface area (Å²) in [5.74, 6) is 0.653. The standard InChI is InChI=1S/C19H21BrN4O2/c1-12-13-4-3-7-21-14(13)10-19(12)5-8-24(9-6-19)17-16(18(25)26-2)23-15(20)11-22-17/h3-4,7,11-12H,5-6,8-10H2,1-2H3/t12-/m1/s1. The zero-order chi connectivity index (χ0) is 18.3. The summed E-state index contributed by atoms with van der Waals surface area (Å²) >= 11 is 3.28. The van der Waals surface area contributed by atoms with E-state index in [0.29, 0.717) is 16.3 Å². The van der Waals surface area contributed by atoms with E-state index in [2.05, 4.69) is 48.8 Å². The number of hydrogen-bond acceptors (Lipinski definition) is 6. The molecule has 3 heterocycles. The fraction of sp³-hybridized carbons (Fsp3) is 0.474. The van der Waals surface area contributed by atoms with Gasteiger partial charge in [0.15, 0.2) is 11.5 Å². The van der Waals surface area contributed by atoms with Crippen molar-refractivity contribution in [3.8, 4) is 0 Å². The van der Waals surface area contributed by atoms with E-state index in [0.717, 1.165) is 32.4 Å². The zero-order valence-electron chi connectivity index (χ0n) is 14.9. The van der Waals surface area contributed by atoms with Crippen molar-refractivity contribution in [3.05, 3.63) is 46.1 Å². The molecule has 136 valence electrons. The molecule has 7 heteroatoms. The van der Waals surface area contributed by atoms with Crippen LogP contribution in [0.3, 0.4) is 0 Å². The highest BCUT2D eigenvalue weighted by molar-refractivity contribution is 9.10. The first-order valence-electron chi connectivity index (χ1n) is 8.84. The Morgan fingerprint density at radius 1 is 1.35 bits per heavy atom. The molecule has 0 N–H and O–H groups in total. The minimum Gasteiger partial charge on any atom is -0.464 e. The van der Waals surface area contributed by atoms with Gasteiger partial charge in [0.2, 0.25) is 0 Å². The number of pyridine rings is 1. The average Bonchev–Trinajstić information content (AvgIpc) is 2.94. The predicted octanol–water partition coefficient (Wildman–Crippen LogP) is 3.37. The van der Waals surface area contributed by atoms with Crippen molar-refractivity contribution in [3.63, 3.8) is 0 Å². The van der Waals surface area contributed by atoms with E-state index < -0.39 is 5.97 Å². The van der Waals surface area contributed by atoms with E-state index in [-0.39, 0.29) is 11.1 Å². The van der Waals surface area contributed by atoms with Crippen molar-refractivity contribution in [2.75, 3.05) is 25.1 Å². The number of aromatic nitrogens is 3. The number of fused-ring (bicyclic) bond motifs is 1. The molecule has 1 saturated heterocycles. The van der Waals surface area contributed by atoms with Gasteiger partial charge in [-0.1, -0.05) is 13.0 Å². The molecular weight excluding hydrogens is 396 g/mol. The second-order valence-electron chi connectivity index (χ2n) is 7.14. The highest BCUT2D eigenvalue weighted by Gasteiger charge is 2.46. The quantitative estimate of drug-likeness (QED) is 0.699. The summed E-state index contributed by atoms with van der Waals surface area (Å²) in [5, 5.41) is 0. The van der Waals surface area contributed by atoms with Crippen molar-refractivity contribution in [2.24, 2.45) is 5.41 Å². The first kappa shape index (κ1) is 17.4. The first-order valence-corrected chi connectivity index (χ1v) is 9.63. The molecule has 1 aliphatic carbocycles. The molecule has 0 aromatic carbocycles. The Morgan fingerprint density at radius 3 is 2.81 bits per heavy atom. The lowest BCUT2D eigenvalue weighted by molar-refractivity contribution is 0.0593. The fourth-order valence-corrected chi connectivity index (χ4v) is 4.69. The molecule has 1 atom stereocenters. The van der Waals surface area contributed by atoms with Crippen LogP contribution in [0.2, 0.25) is 0 Å². The first-order chi connectivity index (χ1) is 12.5. The number of carbonyl (C=O) groups excluding carboxylic acids is 1. The molecule has 0 saturated carbocycles. The van der Waals surface area contributed by atoms with Crippen molar-refractivity contribution < 1.29 is 9.53 Å². The summed E-state index contributed by atoms with van der Waals surface area (Å²) in [5.41, 5.74) is 3.15. The maximum Gasteiger partial charge on any atom is 0.360 e. The molecule has 1 spiro atoms. The molecule has 2 aromatic rings. The summed E-state index contributed by atoms with van der Waals surface area (Å²) < 4.78 is 5.41. The largest absolute Gasteiger partial charge is 0.464 e. The van der Waals surface area contributed by atoms with Crippen LogP contribution < -0.4 is 4.90 Å². The van der Waals surface area contributed by atoms with Gasteiger partial charge in [-0.25, -0.2) is 14.8 Å². The number of ether oxygens (including phenoxy) is 1. The summed E-state index contributed by atoms with van der Waals surface area (Å²) in [4.78, 5) is 27.6. The van der Waals surface area contributed by atoms with E-state index in [4.69, 9.17) is 4.74 Å². The van der Waals surface area contributed by atoms with Gasteiger partial charge in [0, 0.05) is 25.0 Å². The second-order valence-corrected chi connectivity index (χ2v) is 7.96. The van der Waals surface area contributed by atoms with Crippen molar-refractivity contribution >= 4 is 27.7 Å². The Kier molecular flexibility index (Phi) is 4.42. The summed E-state index contributed by atoms with van der Waals surface area (Å²) in [6.07, 6.45) is 6.64. The number of rotatable bonds is 2. The molecule has 6 nitrogen and oxygen atoms in total. The van der Waals surface area contributed by atoms with E-state index in [1.165, 1.54) is 18.4 Å². The van der Waals surface area contributed by atoms with Gasteiger partial charge < -0.3 is 9.64 Å². The molecule has 26 heavy (non-hydrogen) atoms. The third kappa shape index (κ3) is 2.78. The van der Waals surface area contributed by atoms with Gasteiger partial charge in [-0.3, -0.25) is 4.98 Å². The lowest BCUT2D eigenvalue weighted by Gasteiger charge is -2.42. The van der Waals surface area contributed by atoms with Crippen LogP contribution in [0.5, 0.6) is 0 Å². The Morgan fingerprint density at radius 2 is 2.12 bits per heavy atom. The monoisotopic (exact) mass is 416 g/mol. The fourth-order valence-electron chi connectivity index (χ4n) is 4.41. The highest BCUT2D eigenvalue weighted by atomic mass is 79.9. The SMILES string of the molecule is COC(=O)c1nc(Br)cnc1N1CCC2(CC1)Cc1ncccc1[C@H]2C. The van der Waals surface area contributed by atoms with Gasteiger partial charge >= 0.3 is 5.97 Å². The minimum atomic E-state index is -0.458. The van der Waals surface area contributed by atoms with Gasteiger partial charge in [-0.2, -0.15) is 0 Å². The van der Waals surface area contributed by atoms with E-state index in [1.54, 1.807) is 6.20 Å². The number of halogens is 1. The van der Waals surface area contributed by atoms with Crippen molar-refractivity contribution in [2.45, 2.75) is 32.1 Å². The van der Waals surface area contributed by atoms with Gasteiger partial charge in [-0.15, -0.1) is 0 Å². The van der Waals surface area contributed by atoms with Gasteiger partial charge in [-0.05, 0) is 58.2 Å². The summed E-state index contributed by atoms with van der Waals surface area (Å²) in [7, 11) is 1.37. The smallest absolute Gasteiger partial charge is 0.360 e. The Balaban J connectivity index is 1.56. The van der Waals surface area contributed by atoms with Crippen LogP contribution in [-0.2, 0) is 11.2 Å². The number of nitrogens with zero attached hydrogens (tertiary/aromatic N) is 4. The van der Waals surface area contributed by atoms with Crippen molar-refractivity contribution in [1.29, 1.82) is 0 Å². The molecule has 2 aromatic heterocycles. The van der Waals surface area contributed by atoms with Crippen LogP contribution in [0.4, 0.5) is 5.82 Å². The Labute approximate surface area is 161 Å². The van der Waals surface area contributed by atoms with Crippen molar-refractivity contribution in [1.82, 2.24) is 15.0 Å². The third-order valence-corrected chi connectivity index (χ3v) is 6.37. The number of carbonyl (C=O) groups is 1. The molecule has 4 rings (SSSR count). The van der Waals surface area contributed by atoms with E-state index >= 15 is 0 Å². The predicted molar refractivity (Wildman–Crippen MR) is 101 cm³/mol. The molecule has 2 aliphatic rings. The zero-order valence-corrected chi connectivity index (χ0v) is 16.5. The number of piperidine rings is 1. The van der Waals surface area contributed by atoms with Crippen LogP contribution in [0, 0.1) is 5.41 Å². The van der Waals surface area contributed by atoms with Gasteiger partial charge in [0.05, 0.1) is 13.3 Å². The molecule has 1 aliphatic heterocycles. The molecule has 0 unspecified atom stereocenters. The Bertz CT molecular complexity index is 849. The number of esters is 1. The highest BCUT2D eigenvalue weighted by Crippen LogP contribution is 2.52. The van der Waals surface area contributed by atoms with Crippen LogP contribution in [-0.4, -0.2) is 41.1 Å². The molecule has 0 amide bonds. The van der Waals surface area contributed by atoms with Gasteiger partial charge in [0.25, 0.3) is 0 Å². The average molecular weight is 417 g/mol. The van der Waals surface area contributed by atoms with Crippen LogP contribution in [0.25, 0.3) is 0 Å². The molecule has 0 radical (unpaired) electrons. The lowest BCUT2D eigenvalue weighted by Crippen LogP contribution is -2.42. The topological polar surface area (TPSA) is 68.2 Å². The molecule has 0 bridgehead atoms. The maximum atomic E-state index is 12.1. The second kappa shape index (κ2) is 6.61. The Hall–Kier alpha value is -2.02. The minimum absolute atomic E-state index is 0.251. The normalized spacial score (nSPS) is 20.9. The lowest BCUT2D eigenvalue weighted by atomic mass is 9.70. The molecular formula is C19H21BrN4O2. The number of hydrogen-bond donors (Lipinski definition) is 0. The van der Waals surface area contributed by atoms with Gasteiger partial charge in [0.1, 0.15) is 4.60 Å². The third-order valence-electron chi connectivity index (χ3n) is 5.99. The summed E-state index contributed by atoms with van der Waals surface area (Å²) in [6, 6.07) is 4.24. The van der Waals surface area contributed by atoms with E-state index in [1.807, 2.05) is 12.3 Å². The summed E-state index contributed by atoms with van der Waals surface area (Å²) in [6.45, 7) is 4.01. The van der Waals surface area contributed by atoms with Crippen LogP contribution in [0.1, 0.15) is 47.4 Å². The van der Waals surface area contributed by atoms with Crippen LogP contribution >= 0.6 is 15.9 Å².